The molecule has 1 saturated heterocycles. The van der Waals surface area contributed by atoms with E-state index in [0.29, 0.717) is 18.8 Å². The number of fused-ring (bicyclic) bond motifs is 1. The molecule has 20 heavy (non-hydrogen) atoms. The third-order valence-corrected chi connectivity index (χ3v) is 5.54. The Balaban J connectivity index is 1.59. The van der Waals surface area contributed by atoms with Gasteiger partial charge in [0.05, 0.1) is 0 Å². The number of nitrogens with one attached hydrogen (secondary N) is 1. The van der Waals surface area contributed by atoms with Gasteiger partial charge in [-0.05, 0) is 43.9 Å². The molecule has 3 rings (SSSR count). The Bertz CT molecular complexity index is 406. The summed E-state index contributed by atoms with van der Waals surface area (Å²) in [5, 5.41) is 12.1. The molecule has 2 aliphatic carbocycles. The molecular formula is C15H24N2O3. The van der Waals surface area contributed by atoms with Gasteiger partial charge in [0.1, 0.15) is 5.54 Å². The minimum atomic E-state index is -0.986. The van der Waals surface area contributed by atoms with E-state index < -0.39 is 11.5 Å². The standard InChI is InChI=1S/C15H24N2O3/c18-13(19)15(7-3-8-15)16-14(20)17-9-6-11-4-1-2-5-12(11)10-17/h11-12H,1-10H2,(H,16,20)(H,18,19). The fourth-order valence-corrected chi connectivity index (χ4v) is 3.99. The van der Waals surface area contributed by atoms with Gasteiger partial charge >= 0.3 is 12.0 Å². The van der Waals surface area contributed by atoms with Crippen molar-refractivity contribution in [2.45, 2.75) is 56.9 Å². The average molecular weight is 280 g/mol. The van der Waals surface area contributed by atoms with Gasteiger partial charge in [-0.25, -0.2) is 9.59 Å². The molecule has 112 valence electrons. The number of carboxylic acids is 1. The maximum atomic E-state index is 12.3. The van der Waals surface area contributed by atoms with Crippen LogP contribution in [0.1, 0.15) is 51.4 Å². The van der Waals surface area contributed by atoms with E-state index in [-0.39, 0.29) is 6.03 Å². The first kappa shape index (κ1) is 13.7. The van der Waals surface area contributed by atoms with Crippen LogP contribution in [0.25, 0.3) is 0 Å². The largest absolute Gasteiger partial charge is 0.480 e. The van der Waals surface area contributed by atoms with Gasteiger partial charge in [-0.15, -0.1) is 0 Å². The van der Waals surface area contributed by atoms with Crippen LogP contribution < -0.4 is 5.32 Å². The van der Waals surface area contributed by atoms with Crippen molar-refractivity contribution >= 4 is 12.0 Å². The van der Waals surface area contributed by atoms with Crippen molar-refractivity contribution in [2.24, 2.45) is 11.8 Å². The molecule has 2 atom stereocenters. The number of nitrogens with zero attached hydrogens (tertiary/aromatic N) is 1. The van der Waals surface area contributed by atoms with Gasteiger partial charge in [0.2, 0.25) is 0 Å². The molecule has 0 spiro atoms. The van der Waals surface area contributed by atoms with E-state index in [4.69, 9.17) is 0 Å². The molecule has 3 aliphatic rings. The minimum Gasteiger partial charge on any atom is -0.480 e. The van der Waals surface area contributed by atoms with Crippen LogP contribution in [0.3, 0.4) is 0 Å². The smallest absolute Gasteiger partial charge is 0.329 e. The van der Waals surface area contributed by atoms with E-state index in [0.717, 1.165) is 31.8 Å². The van der Waals surface area contributed by atoms with Crippen LogP contribution in [-0.4, -0.2) is 40.6 Å². The van der Waals surface area contributed by atoms with Crippen LogP contribution in [0.4, 0.5) is 4.79 Å². The molecular weight excluding hydrogens is 256 g/mol. The van der Waals surface area contributed by atoms with Crippen LogP contribution in [0.2, 0.25) is 0 Å². The molecule has 5 heteroatoms. The molecule has 2 unspecified atom stereocenters. The lowest BCUT2D eigenvalue weighted by atomic mass is 9.75. The van der Waals surface area contributed by atoms with Crippen LogP contribution in [0.15, 0.2) is 0 Å². The van der Waals surface area contributed by atoms with Crippen molar-refractivity contribution in [3.63, 3.8) is 0 Å². The second kappa shape index (κ2) is 5.26. The van der Waals surface area contributed by atoms with Gasteiger partial charge in [0.25, 0.3) is 0 Å². The lowest BCUT2D eigenvalue weighted by Gasteiger charge is -2.44. The lowest BCUT2D eigenvalue weighted by molar-refractivity contribution is -0.148. The molecule has 0 aromatic rings. The third kappa shape index (κ3) is 2.38. The van der Waals surface area contributed by atoms with Crippen molar-refractivity contribution in [2.75, 3.05) is 13.1 Å². The Morgan fingerprint density at radius 1 is 1.05 bits per heavy atom. The number of hydrogen-bond donors (Lipinski definition) is 2. The number of carboxylic acid groups (broad SMARTS) is 1. The van der Waals surface area contributed by atoms with E-state index >= 15 is 0 Å². The Labute approximate surface area is 119 Å². The van der Waals surface area contributed by atoms with Crippen molar-refractivity contribution in [3.8, 4) is 0 Å². The zero-order chi connectivity index (χ0) is 14.2. The van der Waals surface area contributed by atoms with E-state index in [1.807, 2.05) is 4.90 Å². The molecule has 3 fully saturated rings. The van der Waals surface area contributed by atoms with Crippen molar-refractivity contribution in [1.82, 2.24) is 10.2 Å². The highest BCUT2D eigenvalue weighted by Gasteiger charge is 2.47. The predicted octanol–water partition coefficient (Wildman–Crippen LogP) is 2.22. The van der Waals surface area contributed by atoms with Gasteiger partial charge in [0.15, 0.2) is 0 Å². The van der Waals surface area contributed by atoms with Gasteiger partial charge < -0.3 is 15.3 Å². The topological polar surface area (TPSA) is 69.6 Å². The number of carbonyl (C=O) groups is 2. The predicted molar refractivity (Wildman–Crippen MR) is 74.4 cm³/mol. The van der Waals surface area contributed by atoms with Gasteiger partial charge in [-0.2, -0.15) is 0 Å². The molecule has 0 aromatic carbocycles. The molecule has 0 radical (unpaired) electrons. The Morgan fingerprint density at radius 3 is 2.35 bits per heavy atom. The molecule has 1 aliphatic heterocycles. The maximum absolute atomic E-state index is 12.3. The highest BCUT2D eigenvalue weighted by molar-refractivity contribution is 5.87. The summed E-state index contributed by atoms with van der Waals surface area (Å²) in [6, 6.07) is -0.170. The molecule has 2 N–H and O–H groups in total. The first-order chi connectivity index (χ1) is 9.61. The summed E-state index contributed by atoms with van der Waals surface area (Å²) in [4.78, 5) is 25.5. The average Bonchev–Trinajstić information content (AvgIpc) is 2.41. The van der Waals surface area contributed by atoms with Gasteiger partial charge in [0, 0.05) is 13.1 Å². The first-order valence-corrected chi connectivity index (χ1v) is 7.91. The maximum Gasteiger partial charge on any atom is 0.329 e. The zero-order valence-corrected chi connectivity index (χ0v) is 11.9. The van der Waals surface area contributed by atoms with Crippen molar-refractivity contribution in [3.05, 3.63) is 0 Å². The second-order valence-corrected chi connectivity index (χ2v) is 6.71. The number of rotatable bonds is 2. The summed E-state index contributed by atoms with van der Waals surface area (Å²) in [6.45, 7) is 1.59. The third-order valence-electron chi connectivity index (χ3n) is 5.54. The van der Waals surface area contributed by atoms with E-state index in [1.165, 1.54) is 25.7 Å². The number of likely N-dealkylation sites (tertiary alicyclic amines) is 1. The van der Waals surface area contributed by atoms with Gasteiger partial charge in [-0.3, -0.25) is 0 Å². The number of piperidine rings is 1. The van der Waals surface area contributed by atoms with E-state index in [2.05, 4.69) is 5.32 Å². The summed E-state index contributed by atoms with van der Waals surface area (Å²) < 4.78 is 0. The molecule has 1 heterocycles. The first-order valence-electron chi connectivity index (χ1n) is 7.91. The minimum absolute atomic E-state index is 0.170. The number of urea groups is 1. The molecule has 0 bridgehead atoms. The number of carbonyl (C=O) groups excluding carboxylic acids is 1. The lowest BCUT2D eigenvalue weighted by Crippen LogP contribution is -2.62. The second-order valence-electron chi connectivity index (χ2n) is 6.71. The normalized spacial score (nSPS) is 31.9. The Kier molecular flexibility index (Phi) is 3.61. The monoisotopic (exact) mass is 280 g/mol. The molecule has 5 nitrogen and oxygen atoms in total. The number of amides is 2. The molecule has 2 amide bonds. The summed E-state index contributed by atoms with van der Waals surface area (Å²) >= 11 is 0. The molecule has 2 saturated carbocycles. The van der Waals surface area contributed by atoms with E-state index in [9.17, 15) is 14.7 Å². The van der Waals surface area contributed by atoms with Gasteiger partial charge in [-0.1, -0.05) is 19.3 Å². The molecule has 0 aromatic heterocycles. The van der Waals surface area contributed by atoms with E-state index in [1.54, 1.807) is 0 Å². The van der Waals surface area contributed by atoms with Crippen LogP contribution in [0.5, 0.6) is 0 Å². The summed E-state index contributed by atoms with van der Waals surface area (Å²) in [5.74, 6) is 0.528. The van der Waals surface area contributed by atoms with Crippen LogP contribution in [0, 0.1) is 11.8 Å². The van der Waals surface area contributed by atoms with Crippen LogP contribution in [-0.2, 0) is 4.79 Å². The highest BCUT2D eigenvalue weighted by atomic mass is 16.4. The van der Waals surface area contributed by atoms with Crippen molar-refractivity contribution < 1.29 is 14.7 Å². The summed E-state index contributed by atoms with van der Waals surface area (Å²) in [7, 11) is 0. The zero-order valence-electron chi connectivity index (χ0n) is 11.9. The Hall–Kier alpha value is -1.26. The number of hydrogen-bond acceptors (Lipinski definition) is 2. The quantitative estimate of drug-likeness (QED) is 0.815. The summed E-state index contributed by atoms with van der Waals surface area (Å²) in [5.41, 5.74) is -0.986. The number of aliphatic carboxylic acids is 1. The summed E-state index contributed by atoms with van der Waals surface area (Å²) in [6.07, 6.45) is 8.22. The fraction of sp³-hybridized carbons (Fsp3) is 0.867. The highest BCUT2D eigenvalue weighted by Crippen LogP contribution is 2.37. The Morgan fingerprint density at radius 2 is 1.75 bits per heavy atom. The fourth-order valence-electron chi connectivity index (χ4n) is 3.99. The SMILES string of the molecule is O=C(NC1(C(=O)O)CCC1)N1CCC2CCCCC2C1. The van der Waals surface area contributed by atoms with Crippen LogP contribution >= 0.6 is 0 Å². The van der Waals surface area contributed by atoms with Crippen molar-refractivity contribution in [1.29, 1.82) is 0 Å².